The van der Waals surface area contributed by atoms with Crippen LogP contribution in [0.3, 0.4) is 0 Å². The zero-order valence-corrected chi connectivity index (χ0v) is 15.3. The Bertz CT molecular complexity index is 880. The van der Waals surface area contributed by atoms with Gasteiger partial charge in [-0.2, -0.15) is 4.57 Å². The van der Waals surface area contributed by atoms with Gasteiger partial charge in [0.05, 0.1) is 0 Å². The summed E-state index contributed by atoms with van der Waals surface area (Å²) in [5.41, 5.74) is 5.04. The number of rotatable bonds is 3. The highest BCUT2D eigenvalue weighted by Gasteiger charge is 2.10. The van der Waals surface area contributed by atoms with Crippen LogP contribution in [-0.4, -0.2) is 0 Å². The third kappa shape index (κ3) is 6.22. The average Bonchev–Trinajstić information content (AvgIpc) is 2.59. The number of para-hydroxylation sites is 1. The minimum Gasteiger partial charge on any atom is -0.222 e. The van der Waals surface area contributed by atoms with Gasteiger partial charge in [0.25, 0.3) is 0 Å². The Kier molecular flexibility index (Phi) is 6.85. The van der Waals surface area contributed by atoms with E-state index in [9.17, 15) is 0 Å². The van der Waals surface area contributed by atoms with Gasteiger partial charge < -0.3 is 0 Å². The van der Waals surface area contributed by atoms with E-state index in [2.05, 4.69) is 91.2 Å². The molecule has 2 aromatic carbocycles. The molecule has 0 N–H and O–H groups in total. The van der Waals surface area contributed by atoms with Gasteiger partial charge >= 0.3 is 0 Å². The lowest BCUT2D eigenvalue weighted by Gasteiger charge is -2.17. The van der Waals surface area contributed by atoms with Crippen LogP contribution >= 0.6 is 0 Å². The van der Waals surface area contributed by atoms with Crippen molar-refractivity contribution in [2.24, 2.45) is 0 Å². The van der Waals surface area contributed by atoms with Crippen molar-refractivity contribution in [1.82, 2.24) is 0 Å². The second-order valence-electron chi connectivity index (χ2n) is 5.68. The zero-order valence-electron chi connectivity index (χ0n) is 14.6. The quantitative estimate of drug-likeness (QED) is 0.597. The third-order valence-electron chi connectivity index (χ3n) is 3.81. The summed E-state index contributed by atoms with van der Waals surface area (Å²) in [7, 11) is -4.94. The third-order valence-corrected chi connectivity index (χ3v) is 3.81. The molecule has 0 saturated heterocycles. The van der Waals surface area contributed by atoms with Crippen molar-refractivity contribution in [2.75, 3.05) is 0 Å². The lowest BCUT2D eigenvalue weighted by molar-refractivity contribution is -2.00. The Morgan fingerprint density at radius 3 is 2.08 bits per heavy atom. The van der Waals surface area contributed by atoms with Crippen LogP contribution in [0.2, 0.25) is 0 Å². The minimum absolute atomic E-state index is 0.967. The molecule has 136 valence electrons. The Hall–Kier alpha value is -2.28. The summed E-state index contributed by atoms with van der Waals surface area (Å²) >= 11 is 0. The fourth-order valence-electron chi connectivity index (χ4n) is 2.64. The molecule has 0 fully saturated rings. The molecule has 0 aliphatic rings. The van der Waals surface area contributed by atoms with Crippen molar-refractivity contribution in [3.8, 4) is 0 Å². The number of nitrogens with zero attached hydrogens (tertiary/aromatic N) is 1. The summed E-state index contributed by atoms with van der Waals surface area (Å²) < 4.78 is 36.3. The smallest absolute Gasteiger partial charge is 0.212 e. The first-order valence-corrected chi connectivity index (χ1v) is 9.29. The maximum absolute atomic E-state index is 8.49. The van der Waals surface area contributed by atoms with Crippen LogP contribution in [0.25, 0.3) is 23.1 Å². The summed E-state index contributed by atoms with van der Waals surface area (Å²) in [6.07, 6.45) is 4.37. The first-order valence-electron chi connectivity index (χ1n) is 8.06. The summed E-state index contributed by atoms with van der Waals surface area (Å²) in [4.78, 5) is 0. The second kappa shape index (κ2) is 8.89. The maximum atomic E-state index is 8.49. The van der Waals surface area contributed by atoms with Crippen LogP contribution < -0.4 is 23.2 Å². The number of pyridine rings is 1. The summed E-state index contributed by atoms with van der Waals surface area (Å²) in [6, 6.07) is 21.5. The van der Waals surface area contributed by atoms with Gasteiger partial charge in [0.15, 0.2) is 0 Å². The molecule has 3 rings (SSSR count). The van der Waals surface area contributed by atoms with Crippen LogP contribution in [0.15, 0.2) is 60.7 Å². The van der Waals surface area contributed by atoms with Gasteiger partial charge in [-0.3, -0.25) is 0 Å². The molecule has 0 amide bonds. The zero-order chi connectivity index (χ0) is 19.2. The SMILES string of the molecule is CC[n+]1c(/C=C/c2ccc(C)cc2)ccc2ccccc21.[O-][Cl+3]([O-])([O-])[O-]. The average molecular weight is 374 g/mol. The molecule has 0 aliphatic carbocycles. The molecule has 6 heteroatoms. The van der Waals surface area contributed by atoms with E-state index in [1.54, 1.807) is 0 Å². The number of aryl methyl sites for hydroxylation is 2. The number of fused-ring (bicyclic) bond motifs is 1. The lowest BCUT2D eigenvalue weighted by Crippen LogP contribution is -2.68. The molecule has 0 spiro atoms. The molecule has 5 nitrogen and oxygen atoms in total. The van der Waals surface area contributed by atoms with Crippen molar-refractivity contribution >= 4 is 23.1 Å². The lowest BCUT2D eigenvalue weighted by atomic mass is 10.1. The van der Waals surface area contributed by atoms with Crippen LogP contribution in [0.1, 0.15) is 23.7 Å². The molecule has 0 radical (unpaired) electrons. The number of hydrogen-bond acceptors (Lipinski definition) is 4. The Balaban J connectivity index is 0.000000431. The molecule has 0 saturated carbocycles. The number of halogens is 1. The highest BCUT2D eigenvalue weighted by Crippen LogP contribution is 2.13. The van der Waals surface area contributed by atoms with E-state index in [0.29, 0.717) is 0 Å². The van der Waals surface area contributed by atoms with Crippen molar-refractivity contribution in [3.63, 3.8) is 0 Å². The fourth-order valence-corrected chi connectivity index (χ4v) is 2.64. The van der Waals surface area contributed by atoms with Crippen molar-refractivity contribution in [3.05, 3.63) is 77.5 Å². The fraction of sp³-hybridized carbons (Fsp3) is 0.150. The Morgan fingerprint density at radius 1 is 0.846 bits per heavy atom. The highest BCUT2D eigenvalue weighted by molar-refractivity contribution is 5.77. The van der Waals surface area contributed by atoms with Gasteiger partial charge in [-0.05, 0) is 37.6 Å². The number of benzene rings is 2. The van der Waals surface area contributed by atoms with Crippen LogP contribution in [0.5, 0.6) is 0 Å². The molecule has 26 heavy (non-hydrogen) atoms. The minimum atomic E-state index is -4.94. The van der Waals surface area contributed by atoms with Crippen LogP contribution in [0, 0.1) is 17.2 Å². The van der Waals surface area contributed by atoms with E-state index < -0.39 is 10.2 Å². The summed E-state index contributed by atoms with van der Waals surface area (Å²) in [6.45, 7) is 5.27. The molecular formula is C20H20ClNO4. The van der Waals surface area contributed by atoms with Gasteiger partial charge in [-0.1, -0.05) is 42.0 Å². The molecule has 0 unspecified atom stereocenters. The predicted molar refractivity (Wildman–Crippen MR) is 89.9 cm³/mol. The molecule has 1 heterocycles. The van der Waals surface area contributed by atoms with Crippen molar-refractivity contribution in [1.29, 1.82) is 0 Å². The first kappa shape index (κ1) is 20.0. The largest absolute Gasteiger partial charge is 0.222 e. The summed E-state index contributed by atoms with van der Waals surface area (Å²) in [5, 5.41) is 1.28. The Morgan fingerprint density at radius 2 is 1.46 bits per heavy atom. The van der Waals surface area contributed by atoms with E-state index in [-0.39, 0.29) is 0 Å². The van der Waals surface area contributed by atoms with Crippen molar-refractivity contribution < 1.29 is 33.4 Å². The second-order valence-corrected chi connectivity index (χ2v) is 6.44. The van der Waals surface area contributed by atoms with Gasteiger partial charge in [-0.25, -0.2) is 18.6 Å². The van der Waals surface area contributed by atoms with E-state index in [0.717, 1.165) is 6.54 Å². The monoisotopic (exact) mass is 373 g/mol. The van der Waals surface area contributed by atoms with Gasteiger partial charge in [0, 0.05) is 23.6 Å². The summed E-state index contributed by atoms with van der Waals surface area (Å²) in [5.74, 6) is 0. The maximum Gasteiger partial charge on any atom is 0.212 e. The van der Waals surface area contributed by atoms with Crippen molar-refractivity contribution in [2.45, 2.75) is 20.4 Å². The molecule has 0 atom stereocenters. The molecule has 3 aromatic rings. The standard InChI is InChI=1S/C20H20N.ClHO4/c1-3-21-19(14-12-17-10-8-16(2)9-11-17)15-13-18-6-4-5-7-20(18)21;2-1(3,4)5/h4-15H,3H2,1-2H3;(H,2,3,4,5)/q+1;/p-1/b14-12+;. The van der Waals surface area contributed by atoms with E-state index >= 15 is 0 Å². The molecule has 0 bridgehead atoms. The molecular weight excluding hydrogens is 354 g/mol. The number of aromatic nitrogens is 1. The predicted octanol–water partition coefficient (Wildman–Crippen LogP) is -0.130. The molecule has 1 aromatic heterocycles. The van der Waals surface area contributed by atoms with Gasteiger partial charge in [0.1, 0.15) is 6.54 Å². The topological polar surface area (TPSA) is 96.1 Å². The molecule has 0 aliphatic heterocycles. The normalized spacial score (nSPS) is 11.5. The van der Waals surface area contributed by atoms with Crippen LogP contribution in [-0.2, 0) is 6.54 Å². The van der Waals surface area contributed by atoms with E-state index in [4.69, 9.17) is 18.6 Å². The van der Waals surface area contributed by atoms with Gasteiger partial charge in [0.2, 0.25) is 11.2 Å². The van der Waals surface area contributed by atoms with Crippen LogP contribution in [0.4, 0.5) is 0 Å². The number of hydrogen-bond donors (Lipinski definition) is 0. The first-order chi connectivity index (χ1) is 12.3. The Labute approximate surface area is 154 Å². The van der Waals surface area contributed by atoms with E-state index in [1.165, 1.54) is 27.7 Å². The van der Waals surface area contributed by atoms with E-state index in [1.807, 2.05) is 0 Å². The van der Waals surface area contributed by atoms with Gasteiger partial charge in [-0.15, -0.1) is 10.2 Å². The highest BCUT2D eigenvalue weighted by atomic mass is 35.7.